The highest BCUT2D eigenvalue weighted by Crippen LogP contribution is 2.15. The first-order valence-corrected chi connectivity index (χ1v) is 6.68. The quantitative estimate of drug-likeness (QED) is 0.867. The van der Waals surface area contributed by atoms with Crippen LogP contribution in [0.4, 0.5) is 4.39 Å². The predicted molar refractivity (Wildman–Crippen MR) is 62.5 cm³/mol. The van der Waals surface area contributed by atoms with Gasteiger partial charge in [0.1, 0.15) is 5.82 Å². The van der Waals surface area contributed by atoms with Gasteiger partial charge in [-0.3, -0.25) is 0 Å². The number of nitrogens with zero attached hydrogens (tertiary/aromatic N) is 1. The van der Waals surface area contributed by atoms with E-state index in [1.165, 1.54) is 25.2 Å². The summed E-state index contributed by atoms with van der Waals surface area (Å²) in [6, 6.07) is 4.87. The standard InChI is InChI=1S/C11H16FNO3S/c1-9(14)6-7-13(2)17(15,16)11-5-3-4-10(12)8-11/h3-5,8-9,14H,6-7H2,1-2H3. The lowest BCUT2D eigenvalue weighted by Crippen LogP contribution is -2.29. The van der Waals surface area contributed by atoms with Gasteiger partial charge in [0.25, 0.3) is 0 Å². The maximum Gasteiger partial charge on any atom is 0.242 e. The van der Waals surface area contributed by atoms with Crippen LogP contribution in [0, 0.1) is 5.82 Å². The zero-order valence-corrected chi connectivity index (χ0v) is 10.6. The van der Waals surface area contributed by atoms with Crippen molar-refractivity contribution in [2.75, 3.05) is 13.6 Å². The third-order valence-electron chi connectivity index (χ3n) is 2.37. The Kier molecular flexibility index (Phi) is 4.62. The van der Waals surface area contributed by atoms with Crippen molar-refractivity contribution in [2.45, 2.75) is 24.3 Å². The van der Waals surface area contributed by atoms with Crippen LogP contribution in [-0.4, -0.2) is 37.5 Å². The Hall–Kier alpha value is -0.980. The normalized spacial score (nSPS) is 13.9. The van der Waals surface area contributed by atoms with Crippen molar-refractivity contribution in [3.63, 3.8) is 0 Å². The van der Waals surface area contributed by atoms with Crippen LogP contribution in [0.25, 0.3) is 0 Å². The Labute approximate surface area is 101 Å². The molecule has 4 nitrogen and oxygen atoms in total. The molecule has 0 spiro atoms. The monoisotopic (exact) mass is 261 g/mol. The van der Waals surface area contributed by atoms with Gasteiger partial charge in [0.15, 0.2) is 0 Å². The molecule has 0 radical (unpaired) electrons. The van der Waals surface area contributed by atoms with Crippen molar-refractivity contribution in [1.29, 1.82) is 0 Å². The highest BCUT2D eigenvalue weighted by atomic mass is 32.2. The van der Waals surface area contributed by atoms with Gasteiger partial charge in [0.05, 0.1) is 11.0 Å². The summed E-state index contributed by atoms with van der Waals surface area (Å²) in [5, 5.41) is 9.10. The first-order chi connectivity index (χ1) is 7.84. The van der Waals surface area contributed by atoms with Gasteiger partial charge in [-0.05, 0) is 31.5 Å². The van der Waals surface area contributed by atoms with Crippen molar-refractivity contribution in [3.05, 3.63) is 30.1 Å². The molecule has 6 heteroatoms. The lowest BCUT2D eigenvalue weighted by molar-refractivity contribution is 0.177. The number of benzene rings is 1. The van der Waals surface area contributed by atoms with Gasteiger partial charge in [-0.1, -0.05) is 6.07 Å². The molecule has 0 saturated carbocycles. The van der Waals surface area contributed by atoms with Crippen LogP contribution in [-0.2, 0) is 10.0 Å². The summed E-state index contributed by atoms with van der Waals surface area (Å²) in [4.78, 5) is -0.0782. The Morgan fingerprint density at radius 1 is 1.47 bits per heavy atom. The van der Waals surface area contributed by atoms with Crippen LogP contribution >= 0.6 is 0 Å². The molecule has 0 bridgehead atoms. The summed E-state index contributed by atoms with van der Waals surface area (Å²) in [5.74, 6) is -0.588. The second-order valence-electron chi connectivity index (χ2n) is 3.92. The number of aliphatic hydroxyl groups is 1. The minimum atomic E-state index is -3.67. The molecule has 0 amide bonds. The number of rotatable bonds is 5. The molecule has 0 aliphatic heterocycles. The fraction of sp³-hybridized carbons (Fsp3) is 0.455. The zero-order valence-electron chi connectivity index (χ0n) is 9.80. The number of aliphatic hydroxyl groups excluding tert-OH is 1. The first kappa shape index (κ1) is 14.1. The van der Waals surface area contributed by atoms with Gasteiger partial charge in [0, 0.05) is 13.6 Å². The molecular weight excluding hydrogens is 245 g/mol. The Balaban J connectivity index is 2.88. The number of sulfonamides is 1. The van der Waals surface area contributed by atoms with E-state index >= 15 is 0 Å². The lowest BCUT2D eigenvalue weighted by Gasteiger charge is -2.17. The smallest absolute Gasteiger partial charge is 0.242 e. The summed E-state index contributed by atoms with van der Waals surface area (Å²) < 4.78 is 38.0. The van der Waals surface area contributed by atoms with Crippen LogP contribution in [0.2, 0.25) is 0 Å². The molecule has 1 N–H and O–H groups in total. The molecule has 0 saturated heterocycles. The summed E-state index contributed by atoms with van der Waals surface area (Å²) in [6.45, 7) is 1.78. The van der Waals surface area contributed by atoms with Gasteiger partial charge in [-0.15, -0.1) is 0 Å². The molecule has 1 aromatic carbocycles. The second kappa shape index (κ2) is 5.57. The third-order valence-corrected chi connectivity index (χ3v) is 4.22. The van der Waals surface area contributed by atoms with Gasteiger partial charge >= 0.3 is 0 Å². The number of hydrogen-bond donors (Lipinski definition) is 1. The highest BCUT2D eigenvalue weighted by molar-refractivity contribution is 7.89. The van der Waals surface area contributed by atoms with Crippen molar-refractivity contribution >= 4 is 10.0 Å². The van der Waals surface area contributed by atoms with E-state index in [-0.39, 0.29) is 11.4 Å². The largest absolute Gasteiger partial charge is 0.393 e. The third kappa shape index (κ3) is 3.76. The van der Waals surface area contributed by atoms with Crippen LogP contribution in [0.3, 0.4) is 0 Å². The maximum absolute atomic E-state index is 13.0. The molecule has 1 atom stereocenters. The molecule has 96 valence electrons. The van der Waals surface area contributed by atoms with E-state index in [0.717, 1.165) is 10.4 Å². The minimum Gasteiger partial charge on any atom is -0.393 e. The van der Waals surface area contributed by atoms with E-state index in [9.17, 15) is 12.8 Å². The maximum atomic E-state index is 13.0. The molecule has 0 aliphatic rings. The summed E-state index contributed by atoms with van der Waals surface area (Å²) >= 11 is 0. The summed E-state index contributed by atoms with van der Waals surface area (Å²) in [7, 11) is -2.27. The van der Waals surface area contributed by atoms with Crippen LogP contribution < -0.4 is 0 Å². The van der Waals surface area contributed by atoms with Gasteiger partial charge in [0.2, 0.25) is 10.0 Å². The van der Waals surface area contributed by atoms with Crippen LogP contribution in [0.1, 0.15) is 13.3 Å². The van der Waals surface area contributed by atoms with Crippen molar-refractivity contribution in [2.24, 2.45) is 0 Å². The van der Waals surface area contributed by atoms with E-state index in [1.54, 1.807) is 6.92 Å². The number of halogens is 1. The Morgan fingerprint density at radius 2 is 2.12 bits per heavy atom. The van der Waals surface area contributed by atoms with E-state index in [0.29, 0.717) is 6.42 Å². The summed E-state index contributed by atoms with van der Waals surface area (Å²) in [5.41, 5.74) is 0. The molecular formula is C11H16FNO3S. The fourth-order valence-electron chi connectivity index (χ4n) is 1.30. The van der Waals surface area contributed by atoms with Crippen LogP contribution in [0.5, 0.6) is 0 Å². The van der Waals surface area contributed by atoms with Crippen molar-refractivity contribution < 1.29 is 17.9 Å². The van der Waals surface area contributed by atoms with Gasteiger partial charge < -0.3 is 5.11 Å². The van der Waals surface area contributed by atoms with Crippen LogP contribution in [0.15, 0.2) is 29.2 Å². The molecule has 1 unspecified atom stereocenters. The van der Waals surface area contributed by atoms with E-state index in [1.807, 2.05) is 0 Å². The number of hydrogen-bond acceptors (Lipinski definition) is 3. The SMILES string of the molecule is CC(O)CCN(C)S(=O)(=O)c1cccc(F)c1. The average Bonchev–Trinajstić information content (AvgIpc) is 2.25. The molecule has 0 aliphatic carbocycles. The molecule has 0 heterocycles. The topological polar surface area (TPSA) is 57.6 Å². The Morgan fingerprint density at radius 3 is 2.65 bits per heavy atom. The highest BCUT2D eigenvalue weighted by Gasteiger charge is 2.21. The molecule has 0 fully saturated rings. The minimum absolute atomic E-state index is 0.0782. The molecule has 1 rings (SSSR count). The van der Waals surface area contributed by atoms with Gasteiger partial charge in [-0.2, -0.15) is 0 Å². The molecule has 17 heavy (non-hydrogen) atoms. The average molecular weight is 261 g/mol. The van der Waals surface area contributed by atoms with E-state index in [2.05, 4.69) is 0 Å². The Bertz CT molecular complexity index is 473. The van der Waals surface area contributed by atoms with E-state index in [4.69, 9.17) is 5.11 Å². The van der Waals surface area contributed by atoms with Gasteiger partial charge in [-0.25, -0.2) is 17.1 Å². The fourth-order valence-corrected chi connectivity index (χ4v) is 2.51. The van der Waals surface area contributed by atoms with E-state index < -0.39 is 21.9 Å². The first-order valence-electron chi connectivity index (χ1n) is 5.24. The summed E-state index contributed by atoms with van der Waals surface area (Å²) in [6.07, 6.45) is -0.231. The van der Waals surface area contributed by atoms with Crippen molar-refractivity contribution in [1.82, 2.24) is 4.31 Å². The molecule has 0 aromatic heterocycles. The second-order valence-corrected chi connectivity index (χ2v) is 5.97. The van der Waals surface area contributed by atoms with Crippen molar-refractivity contribution in [3.8, 4) is 0 Å². The molecule has 1 aromatic rings. The predicted octanol–water partition coefficient (Wildman–Crippen LogP) is 1.22. The zero-order chi connectivity index (χ0) is 13.1. The lowest BCUT2D eigenvalue weighted by atomic mass is 10.3.